The monoisotopic (exact) mass is 304 g/mol. The number of carbonyl (C=O) groups is 1. The molecule has 0 N–H and O–H groups in total. The Morgan fingerprint density at radius 3 is 2.47 bits per heavy atom. The standard InChI is InChI=1S/C12H7Cl3OS/c1-6-3-2-4-7(10(6)14)11(16)8-5-9(13)17-12(8)15/h2-5H,1H3. The number of hydrogen-bond donors (Lipinski definition) is 0. The highest BCUT2D eigenvalue weighted by molar-refractivity contribution is 7.20. The summed E-state index contributed by atoms with van der Waals surface area (Å²) in [6, 6.07) is 6.88. The molecule has 1 nitrogen and oxygen atoms in total. The fourth-order valence-corrected chi connectivity index (χ4v) is 3.13. The lowest BCUT2D eigenvalue weighted by Gasteiger charge is -2.04. The summed E-state index contributed by atoms with van der Waals surface area (Å²) in [6.45, 7) is 1.85. The van der Waals surface area contributed by atoms with Gasteiger partial charge >= 0.3 is 0 Å². The molecule has 0 saturated heterocycles. The number of carbonyl (C=O) groups excluding carboxylic acids is 1. The molecule has 0 fully saturated rings. The molecular weight excluding hydrogens is 299 g/mol. The third-order valence-electron chi connectivity index (χ3n) is 2.34. The van der Waals surface area contributed by atoms with Crippen LogP contribution in [0.3, 0.4) is 0 Å². The molecule has 0 atom stereocenters. The van der Waals surface area contributed by atoms with Gasteiger partial charge in [-0.3, -0.25) is 4.79 Å². The predicted octanol–water partition coefficient (Wildman–Crippen LogP) is 5.25. The van der Waals surface area contributed by atoms with Crippen LogP contribution in [0.2, 0.25) is 13.7 Å². The van der Waals surface area contributed by atoms with E-state index in [0.29, 0.717) is 24.8 Å². The fourth-order valence-electron chi connectivity index (χ4n) is 1.46. The van der Waals surface area contributed by atoms with Gasteiger partial charge in [-0.05, 0) is 24.6 Å². The molecule has 88 valence electrons. The molecule has 2 aromatic rings. The van der Waals surface area contributed by atoms with Crippen LogP contribution in [0.15, 0.2) is 24.3 Å². The van der Waals surface area contributed by atoms with Gasteiger partial charge in [-0.15, -0.1) is 11.3 Å². The van der Waals surface area contributed by atoms with Crippen LogP contribution in [0.25, 0.3) is 0 Å². The Hall–Kier alpha value is -0.540. The van der Waals surface area contributed by atoms with E-state index in [4.69, 9.17) is 34.8 Å². The maximum absolute atomic E-state index is 12.2. The Kier molecular flexibility index (Phi) is 3.79. The third-order valence-corrected chi connectivity index (χ3v) is 4.33. The number of halogens is 3. The molecule has 0 amide bonds. The van der Waals surface area contributed by atoms with E-state index in [1.807, 2.05) is 13.0 Å². The molecule has 1 aromatic heterocycles. The second kappa shape index (κ2) is 4.99. The van der Waals surface area contributed by atoms with E-state index in [9.17, 15) is 4.79 Å². The summed E-state index contributed by atoms with van der Waals surface area (Å²) >= 11 is 19.0. The summed E-state index contributed by atoms with van der Waals surface area (Å²) in [5.74, 6) is -0.202. The minimum absolute atomic E-state index is 0.202. The summed E-state index contributed by atoms with van der Waals surface area (Å²) < 4.78 is 0.875. The van der Waals surface area contributed by atoms with E-state index < -0.39 is 0 Å². The third kappa shape index (κ3) is 2.50. The van der Waals surface area contributed by atoms with E-state index in [2.05, 4.69) is 0 Å². The van der Waals surface area contributed by atoms with E-state index in [1.165, 1.54) is 11.3 Å². The zero-order chi connectivity index (χ0) is 12.6. The van der Waals surface area contributed by atoms with Gasteiger partial charge in [0.25, 0.3) is 0 Å². The number of hydrogen-bond acceptors (Lipinski definition) is 2. The van der Waals surface area contributed by atoms with Gasteiger partial charge in [0.2, 0.25) is 0 Å². The van der Waals surface area contributed by atoms with Crippen molar-refractivity contribution in [2.24, 2.45) is 0 Å². The average molecular weight is 306 g/mol. The average Bonchev–Trinajstić information content (AvgIpc) is 2.61. The lowest BCUT2D eigenvalue weighted by molar-refractivity contribution is 0.103. The Morgan fingerprint density at radius 1 is 1.18 bits per heavy atom. The highest BCUT2D eigenvalue weighted by atomic mass is 35.5. The second-order valence-electron chi connectivity index (χ2n) is 3.50. The molecule has 1 aromatic carbocycles. The number of rotatable bonds is 2. The van der Waals surface area contributed by atoms with Crippen LogP contribution in [0, 0.1) is 6.92 Å². The van der Waals surface area contributed by atoms with E-state index in [1.54, 1.807) is 18.2 Å². The molecule has 17 heavy (non-hydrogen) atoms. The Labute approximate surface area is 118 Å². The molecule has 0 aliphatic heterocycles. The molecule has 0 spiro atoms. The van der Waals surface area contributed by atoms with Crippen LogP contribution in [0.1, 0.15) is 21.5 Å². The van der Waals surface area contributed by atoms with Crippen LogP contribution >= 0.6 is 46.1 Å². The minimum Gasteiger partial charge on any atom is -0.288 e. The molecule has 5 heteroatoms. The Bertz CT molecular complexity index is 589. The van der Waals surface area contributed by atoms with Crippen LogP contribution in [0.5, 0.6) is 0 Å². The first-order chi connectivity index (χ1) is 8.00. The molecular formula is C12H7Cl3OS. The van der Waals surface area contributed by atoms with Gasteiger partial charge in [0.05, 0.1) is 14.9 Å². The molecule has 2 rings (SSSR count). The van der Waals surface area contributed by atoms with E-state index >= 15 is 0 Å². The molecule has 0 saturated carbocycles. The first kappa shape index (κ1) is 12.9. The topological polar surface area (TPSA) is 17.1 Å². The van der Waals surface area contributed by atoms with Crippen molar-refractivity contribution in [1.82, 2.24) is 0 Å². The maximum atomic E-state index is 12.2. The summed E-state index contributed by atoms with van der Waals surface area (Å²) in [5, 5.41) is 0.455. The van der Waals surface area contributed by atoms with Crippen molar-refractivity contribution in [1.29, 1.82) is 0 Å². The van der Waals surface area contributed by atoms with E-state index in [0.717, 1.165) is 5.56 Å². The largest absolute Gasteiger partial charge is 0.288 e. The highest BCUT2D eigenvalue weighted by Gasteiger charge is 2.18. The van der Waals surface area contributed by atoms with Gasteiger partial charge in [-0.2, -0.15) is 0 Å². The summed E-state index contributed by atoms with van der Waals surface area (Å²) in [6.07, 6.45) is 0. The Balaban J connectivity index is 2.51. The van der Waals surface area contributed by atoms with Gasteiger partial charge in [0.1, 0.15) is 4.34 Å². The SMILES string of the molecule is Cc1cccc(C(=O)c2cc(Cl)sc2Cl)c1Cl. The van der Waals surface area contributed by atoms with Crippen molar-refractivity contribution in [3.63, 3.8) is 0 Å². The zero-order valence-corrected chi connectivity index (χ0v) is 11.8. The molecule has 0 aliphatic rings. The number of aryl methyl sites for hydroxylation is 1. The molecule has 0 bridgehead atoms. The van der Waals surface area contributed by atoms with Gasteiger partial charge in [-0.1, -0.05) is 46.9 Å². The lowest BCUT2D eigenvalue weighted by atomic mass is 10.0. The van der Waals surface area contributed by atoms with Crippen molar-refractivity contribution >= 4 is 51.9 Å². The summed E-state index contributed by atoms with van der Waals surface area (Å²) in [7, 11) is 0. The van der Waals surface area contributed by atoms with Crippen molar-refractivity contribution < 1.29 is 4.79 Å². The van der Waals surface area contributed by atoms with Crippen molar-refractivity contribution in [3.05, 3.63) is 54.7 Å². The van der Waals surface area contributed by atoms with Gasteiger partial charge in [-0.25, -0.2) is 0 Å². The summed E-state index contributed by atoms with van der Waals surface area (Å²) in [5.41, 5.74) is 1.70. The van der Waals surface area contributed by atoms with Gasteiger partial charge in [0.15, 0.2) is 5.78 Å². The predicted molar refractivity (Wildman–Crippen MR) is 74.0 cm³/mol. The zero-order valence-electron chi connectivity index (χ0n) is 8.76. The first-order valence-corrected chi connectivity index (χ1v) is 6.70. The normalized spacial score (nSPS) is 10.6. The van der Waals surface area contributed by atoms with E-state index in [-0.39, 0.29) is 5.78 Å². The second-order valence-corrected chi connectivity index (χ2v) is 6.17. The minimum atomic E-state index is -0.202. The molecule has 1 heterocycles. The molecule has 0 unspecified atom stereocenters. The summed E-state index contributed by atoms with van der Waals surface area (Å²) in [4.78, 5) is 12.2. The van der Waals surface area contributed by atoms with Crippen LogP contribution in [-0.2, 0) is 0 Å². The smallest absolute Gasteiger partial charge is 0.196 e. The first-order valence-electron chi connectivity index (χ1n) is 4.75. The lowest BCUT2D eigenvalue weighted by Crippen LogP contribution is -2.02. The highest BCUT2D eigenvalue weighted by Crippen LogP contribution is 2.34. The molecule has 0 radical (unpaired) electrons. The van der Waals surface area contributed by atoms with Crippen LogP contribution < -0.4 is 0 Å². The van der Waals surface area contributed by atoms with Crippen LogP contribution in [0.4, 0.5) is 0 Å². The maximum Gasteiger partial charge on any atom is 0.196 e. The van der Waals surface area contributed by atoms with Crippen molar-refractivity contribution in [2.45, 2.75) is 6.92 Å². The van der Waals surface area contributed by atoms with Gasteiger partial charge in [0, 0.05) is 5.56 Å². The number of benzene rings is 1. The number of ketones is 1. The molecule has 0 aliphatic carbocycles. The van der Waals surface area contributed by atoms with Crippen LogP contribution in [-0.4, -0.2) is 5.78 Å². The van der Waals surface area contributed by atoms with Crippen molar-refractivity contribution in [2.75, 3.05) is 0 Å². The van der Waals surface area contributed by atoms with Crippen molar-refractivity contribution in [3.8, 4) is 0 Å². The fraction of sp³-hybridized carbons (Fsp3) is 0.0833. The number of thiophene rings is 1. The van der Waals surface area contributed by atoms with Gasteiger partial charge < -0.3 is 0 Å². The Morgan fingerprint density at radius 2 is 1.88 bits per heavy atom. The quantitative estimate of drug-likeness (QED) is 0.693.